The number of aliphatic hydroxyl groups is 1. The number of hydrogen-bond acceptors (Lipinski definition) is 4. The zero-order valence-electron chi connectivity index (χ0n) is 12.2. The van der Waals surface area contributed by atoms with Gasteiger partial charge in [-0.05, 0) is 24.3 Å². The van der Waals surface area contributed by atoms with Gasteiger partial charge in [-0.3, -0.25) is 9.69 Å². The SMILES string of the molecule is NC(=O)CN(Cc1sccc1C#CCCO)C1CCCC1. The van der Waals surface area contributed by atoms with Crippen LogP contribution in [0.1, 0.15) is 42.5 Å². The molecule has 0 radical (unpaired) electrons. The maximum absolute atomic E-state index is 11.3. The summed E-state index contributed by atoms with van der Waals surface area (Å²) < 4.78 is 0. The van der Waals surface area contributed by atoms with Gasteiger partial charge in [0.2, 0.25) is 5.91 Å². The largest absolute Gasteiger partial charge is 0.395 e. The number of nitrogens with zero attached hydrogens (tertiary/aromatic N) is 1. The summed E-state index contributed by atoms with van der Waals surface area (Å²) >= 11 is 1.66. The molecule has 1 fully saturated rings. The van der Waals surface area contributed by atoms with E-state index in [0.29, 0.717) is 19.0 Å². The molecule has 21 heavy (non-hydrogen) atoms. The van der Waals surface area contributed by atoms with Crippen molar-refractivity contribution in [2.75, 3.05) is 13.2 Å². The van der Waals surface area contributed by atoms with Crippen LogP contribution < -0.4 is 5.73 Å². The van der Waals surface area contributed by atoms with Crippen molar-refractivity contribution in [3.63, 3.8) is 0 Å². The van der Waals surface area contributed by atoms with E-state index < -0.39 is 0 Å². The predicted octanol–water partition coefficient (Wildman–Crippen LogP) is 1.71. The topological polar surface area (TPSA) is 66.6 Å². The zero-order chi connectivity index (χ0) is 15.1. The lowest BCUT2D eigenvalue weighted by Crippen LogP contribution is -2.39. The van der Waals surface area contributed by atoms with Crippen LogP contribution in [-0.4, -0.2) is 35.1 Å². The molecule has 3 N–H and O–H groups in total. The maximum atomic E-state index is 11.3. The first-order chi connectivity index (χ1) is 10.2. The van der Waals surface area contributed by atoms with Gasteiger partial charge in [0, 0.05) is 29.4 Å². The van der Waals surface area contributed by atoms with Gasteiger partial charge >= 0.3 is 0 Å². The Kier molecular flexibility index (Phi) is 6.24. The number of rotatable bonds is 6. The molecule has 1 aromatic rings. The summed E-state index contributed by atoms with van der Waals surface area (Å²) in [5, 5.41) is 10.8. The molecular formula is C16H22N2O2S. The average molecular weight is 306 g/mol. The van der Waals surface area contributed by atoms with Crippen molar-refractivity contribution in [3.05, 3.63) is 21.9 Å². The quantitative estimate of drug-likeness (QED) is 0.786. The minimum Gasteiger partial charge on any atom is -0.395 e. The number of thiophene rings is 1. The molecule has 0 bridgehead atoms. The fraction of sp³-hybridized carbons (Fsp3) is 0.562. The molecule has 0 spiro atoms. The lowest BCUT2D eigenvalue weighted by Gasteiger charge is -2.27. The third kappa shape index (κ3) is 4.85. The molecule has 1 amide bonds. The van der Waals surface area contributed by atoms with Crippen LogP contribution >= 0.6 is 11.3 Å². The van der Waals surface area contributed by atoms with E-state index in [-0.39, 0.29) is 12.5 Å². The third-order valence-corrected chi connectivity index (χ3v) is 4.66. The van der Waals surface area contributed by atoms with E-state index in [0.717, 1.165) is 24.9 Å². The monoisotopic (exact) mass is 306 g/mol. The van der Waals surface area contributed by atoms with Gasteiger partial charge in [0.15, 0.2) is 0 Å². The second kappa shape index (κ2) is 8.18. The Morgan fingerprint density at radius 2 is 2.24 bits per heavy atom. The van der Waals surface area contributed by atoms with Crippen molar-refractivity contribution in [2.45, 2.75) is 44.7 Å². The van der Waals surface area contributed by atoms with Crippen molar-refractivity contribution in [1.82, 2.24) is 4.90 Å². The number of carbonyl (C=O) groups is 1. The van der Waals surface area contributed by atoms with Crippen molar-refractivity contribution in [1.29, 1.82) is 0 Å². The molecule has 1 saturated carbocycles. The van der Waals surface area contributed by atoms with Crippen molar-refractivity contribution in [2.24, 2.45) is 5.73 Å². The van der Waals surface area contributed by atoms with Crippen LogP contribution in [0.5, 0.6) is 0 Å². The van der Waals surface area contributed by atoms with E-state index in [9.17, 15) is 4.79 Å². The highest BCUT2D eigenvalue weighted by Gasteiger charge is 2.24. The molecule has 2 rings (SSSR count). The van der Waals surface area contributed by atoms with Crippen LogP contribution in [0.2, 0.25) is 0 Å². The second-order valence-electron chi connectivity index (χ2n) is 5.34. The van der Waals surface area contributed by atoms with Crippen molar-refractivity contribution >= 4 is 17.2 Å². The van der Waals surface area contributed by atoms with Gasteiger partial charge in [0.25, 0.3) is 0 Å². The van der Waals surface area contributed by atoms with Crippen LogP contribution in [0.15, 0.2) is 11.4 Å². The maximum Gasteiger partial charge on any atom is 0.231 e. The Morgan fingerprint density at radius 3 is 2.90 bits per heavy atom. The molecule has 0 atom stereocenters. The Hall–Kier alpha value is -1.35. The summed E-state index contributed by atoms with van der Waals surface area (Å²) in [6.07, 6.45) is 5.23. The molecular weight excluding hydrogens is 284 g/mol. The molecule has 4 nitrogen and oxygen atoms in total. The van der Waals surface area contributed by atoms with Gasteiger partial charge in [0.1, 0.15) is 0 Å². The van der Waals surface area contributed by atoms with Crippen LogP contribution in [0, 0.1) is 11.8 Å². The van der Waals surface area contributed by atoms with Crippen LogP contribution in [-0.2, 0) is 11.3 Å². The van der Waals surface area contributed by atoms with Crippen molar-refractivity contribution in [3.8, 4) is 11.8 Å². The Balaban J connectivity index is 2.07. The van der Waals surface area contributed by atoms with E-state index in [1.807, 2.05) is 11.4 Å². The van der Waals surface area contributed by atoms with Crippen LogP contribution in [0.25, 0.3) is 0 Å². The van der Waals surface area contributed by atoms with E-state index in [1.165, 1.54) is 17.7 Å². The van der Waals surface area contributed by atoms with Gasteiger partial charge in [-0.2, -0.15) is 0 Å². The molecule has 0 saturated heterocycles. The van der Waals surface area contributed by atoms with E-state index >= 15 is 0 Å². The highest BCUT2D eigenvalue weighted by atomic mass is 32.1. The Bertz CT molecular complexity index is 524. The minimum absolute atomic E-state index is 0.0857. The second-order valence-corrected chi connectivity index (χ2v) is 6.34. The van der Waals surface area contributed by atoms with Gasteiger partial charge in [-0.15, -0.1) is 11.3 Å². The number of amides is 1. The summed E-state index contributed by atoms with van der Waals surface area (Å²) in [6, 6.07) is 2.46. The highest BCUT2D eigenvalue weighted by molar-refractivity contribution is 7.10. The number of nitrogens with two attached hydrogens (primary N) is 1. The number of carbonyl (C=O) groups excluding carboxylic acids is 1. The van der Waals surface area contributed by atoms with Crippen LogP contribution in [0.3, 0.4) is 0 Å². The molecule has 1 aliphatic carbocycles. The summed E-state index contributed by atoms with van der Waals surface area (Å²) in [5.41, 5.74) is 6.39. The fourth-order valence-electron chi connectivity index (χ4n) is 2.76. The average Bonchev–Trinajstić information content (AvgIpc) is 3.09. The first kappa shape index (κ1) is 16.0. The standard InChI is InChI=1S/C16H22N2O2S/c17-16(20)12-18(14-6-1-2-7-14)11-15-13(8-10-21-15)5-3-4-9-19/h8,10,14,19H,1-2,4,6-7,9,11-12H2,(H2,17,20). The molecule has 0 aromatic carbocycles. The van der Waals surface area contributed by atoms with Gasteiger partial charge in [-0.1, -0.05) is 24.7 Å². The predicted molar refractivity (Wildman–Crippen MR) is 84.8 cm³/mol. The molecule has 1 aliphatic rings. The highest BCUT2D eigenvalue weighted by Crippen LogP contribution is 2.27. The normalized spacial score (nSPS) is 15.1. The van der Waals surface area contributed by atoms with Crippen molar-refractivity contribution < 1.29 is 9.90 Å². The number of primary amides is 1. The lowest BCUT2D eigenvalue weighted by molar-refractivity contribution is -0.119. The first-order valence-electron chi connectivity index (χ1n) is 7.39. The Morgan fingerprint density at radius 1 is 1.48 bits per heavy atom. The molecule has 114 valence electrons. The fourth-order valence-corrected chi connectivity index (χ4v) is 3.61. The Labute approximate surface area is 129 Å². The molecule has 5 heteroatoms. The molecule has 1 aromatic heterocycles. The van der Waals surface area contributed by atoms with Gasteiger partial charge in [-0.25, -0.2) is 0 Å². The molecule has 0 aliphatic heterocycles. The smallest absolute Gasteiger partial charge is 0.231 e. The summed E-state index contributed by atoms with van der Waals surface area (Å²) in [4.78, 5) is 14.7. The van der Waals surface area contributed by atoms with E-state index in [4.69, 9.17) is 10.8 Å². The van der Waals surface area contributed by atoms with Crippen LogP contribution in [0.4, 0.5) is 0 Å². The molecule has 1 heterocycles. The summed E-state index contributed by atoms with van der Waals surface area (Å²) in [7, 11) is 0. The summed E-state index contributed by atoms with van der Waals surface area (Å²) in [5.74, 6) is 5.79. The first-order valence-corrected chi connectivity index (χ1v) is 8.27. The number of hydrogen-bond donors (Lipinski definition) is 2. The number of aliphatic hydroxyl groups excluding tert-OH is 1. The summed E-state index contributed by atoms with van der Waals surface area (Å²) in [6.45, 7) is 1.13. The molecule has 0 unspecified atom stereocenters. The van der Waals surface area contributed by atoms with E-state index in [2.05, 4.69) is 16.7 Å². The van der Waals surface area contributed by atoms with E-state index in [1.54, 1.807) is 11.3 Å². The third-order valence-electron chi connectivity index (χ3n) is 3.75. The zero-order valence-corrected chi connectivity index (χ0v) is 13.0. The van der Waals surface area contributed by atoms with Gasteiger partial charge < -0.3 is 10.8 Å². The minimum atomic E-state index is -0.272. The lowest BCUT2D eigenvalue weighted by atomic mass is 10.1. The van der Waals surface area contributed by atoms with Gasteiger partial charge in [0.05, 0.1) is 13.2 Å².